The van der Waals surface area contributed by atoms with Crippen LogP contribution >= 0.6 is 0 Å². The highest BCUT2D eigenvalue weighted by Gasteiger charge is 2.12. The topological polar surface area (TPSA) is 20.3 Å². The molecule has 1 aromatic rings. The van der Waals surface area contributed by atoms with Crippen molar-refractivity contribution < 1.29 is 9.18 Å². The van der Waals surface area contributed by atoms with Crippen LogP contribution in [0.5, 0.6) is 0 Å². The molecule has 0 aromatic heterocycles. The Morgan fingerprint density at radius 1 is 1.46 bits per heavy atom. The molecular formula is C10H11FNO. The van der Waals surface area contributed by atoms with Gasteiger partial charge in [0.05, 0.1) is 5.56 Å². The van der Waals surface area contributed by atoms with Gasteiger partial charge < -0.3 is 4.90 Å². The maximum Gasteiger partial charge on any atom is 0.256 e. The molecule has 0 saturated heterocycles. The van der Waals surface area contributed by atoms with Crippen molar-refractivity contribution in [2.45, 2.75) is 0 Å². The van der Waals surface area contributed by atoms with E-state index in [2.05, 4.69) is 6.92 Å². The number of hydrogen-bond acceptors (Lipinski definition) is 1. The standard InChI is InChI=1S/C10H11FNO/c1-7-4-5-9(11)8(6-7)10(13)12(2)3/h4-6H,1H2,2-3H3. The molecule has 0 bridgehead atoms. The van der Waals surface area contributed by atoms with Crippen molar-refractivity contribution in [3.8, 4) is 0 Å². The molecule has 0 spiro atoms. The van der Waals surface area contributed by atoms with Crippen LogP contribution in [-0.4, -0.2) is 24.9 Å². The van der Waals surface area contributed by atoms with Crippen LogP contribution in [0.15, 0.2) is 18.2 Å². The first-order valence-electron chi connectivity index (χ1n) is 3.85. The van der Waals surface area contributed by atoms with Crippen LogP contribution < -0.4 is 0 Å². The van der Waals surface area contributed by atoms with Gasteiger partial charge in [-0.3, -0.25) is 4.79 Å². The van der Waals surface area contributed by atoms with Crippen molar-refractivity contribution in [3.63, 3.8) is 0 Å². The van der Waals surface area contributed by atoms with Crippen molar-refractivity contribution >= 4 is 5.91 Å². The number of rotatable bonds is 1. The predicted octanol–water partition coefficient (Wildman–Crippen LogP) is 1.71. The second-order valence-electron chi connectivity index (χ2n) is 3.01. The maximum atomic E-state index is 13.1. The quantitative estimate of drug-likeness (QED) is 0.644. The summed E-state index contributed by atoms with van der Waals surface area (Å²) < 4.78 is 13.1. The molecule has 0 heterocycles. The van der Waals surface area contributed by atoms with Gasteiger partial charge in [-0.2, -0.15) is 0 Å². The SMILES string of the molecule is [CH2]c1ccc(F)c(C(=O)N(C)C)c1. The third kappa shape index (κ3) is 2.05. The lowest BCUT2D eigenvalue weighted by Crippen LogP contribution is -2.22. The van der Waals surface area contributed by atoms with Crippen molar-refractivity contribution in [1.29, 1.82) is 0 Å². The van der Waals surface area contributed by atoms with Crippen LogP contribution in [0.4, 0.5) is 4.39 Å². The van der Waals surface area contributed by atoms with E-state index in [9.17, 15) is 9.18 Å². The number of carbonyl (C=O) groups excluding carboxylic acids is 1. The monoisotopic (exact) mass is 180 g/mol. The highest BCUT2D eigenvalue weighted by molar-refractivity contribution is 5.94. The summed E-state index contributed by atoms with van der Waals surface area (Å²) in [7, 11) is 3.16. The van der Waals surface area contributed by atoms with Gasteiger partial charge in [0, 0.05) is 14.1 Å². The van der Waals surface area contributed by atoms with E-state index in [-0.39, 0.29) is 11.5 Å². The highest BCUT2D eigenvalue weighted by atomic mass is 19.1. The molecule has 69 valence electrons. The molecular weight excluding hydrogens is 169 g/mol. The first-order chi connectivity index (χ1) is 6.02. The van der Waals surface area contributed by atoms with Crippen LogP contribution in [-0.2, 0) is 0 Å². The summed E-state index contributed by atoms with van der Waals surface area (Å²) in [5, 5.41) is 0. The lowest BCUT2D eigenvalue weighted by Gasteiger charge is -2.10. The zero-order valence-corrected chi connectivity index (χ0v) is 7.67. The Kier molecular flexibility index (Phi) is 2.66. The zero-order valence-electron chi connectivity index (χ0n) is 7.67. The fourth-order valence-corrected chi connectivity index (χ4v) is 0.977. The Hall–Kier alpha value is -1.38. The van der Waals surface area contributed by atoms with Crippen molar-refractivity contribution in [2.24, 2.45) is 0 Å². The molecule has 1 radical (unpaired) electrons. The number of nitrogens with zero attached hydrogens (tertiary/aromatic N) is 1. The smallest absolute Gasteiger partial charge is 0.256 e. The predicted molar refractivity (Wildman–Crippen MR) is 48.9 cm³/mol. The molecule has 0 aliphatic carbocycles. The van der Waals surface area contributed by atoms with Crippen molar-refractivity contribution in [2.75, 3.05) is 14.1 Å². The molecule has 0 fully saturated rings. The van der Waals surface area contributed by atoms with E-state index in [1.807, 2.05) is 0 Å². The van der Waals surface area contributed by atoms with Gasteiger partial charge in [0.1, 0.15) is 5.82 Å². The molecule has 0 N–H and O–H groups in total. The number of hydrogen-bond donors (Lipinski definition) is 0. The number of benzene rings is 1. The summed E-state index contributed by atoms with van der Waals surface area (Å²) in [6.45, 7) is 3.63. The molecule has 0 unspecified atom stereocenters. The summed E-state index contributed by atoms with van der Waals surface area (Å²) >= 11 is 0. The summed E-state index contributed by atoms with van der Waals surface area (Å²) in [6.07, 6.45) is 0. The molecule has 1 amide bonds. The third-order valence-electron chi connectivity index (χ3n) is 1.67. The van der Waals surface area contributed by atoms with Crippen LogP contribution in [0.2, 0.25) is 0 Å². The Balaban J connectivity index is 3.13. The van der Waals surface area contributed by atoms with Gasteiger partial charge in [0.25, 0.3) is 5.91 Å². The third-order valence-corrected chi connectivity index (χ3v) is 1.67. The summed E-state index contributed by atoms with van der Waals surface area (Å²) in [5.41, 5.74) is 0.698. The van der Waals surface area contributed by atoms with Crippen molar-refractivity contribution in [1.82, 2.24) is 4.90 Å². The van der Waals surface area contributed by atoms with E-state index in [0.29, 0.717) is 5.56 Å². The van der Waals surface area contributed by atoms with Crippen LogP contribution in [0.1, 0.15) is 15.9 Å². The van der Waals surface area contributed by atoms with Gasteiger partial charge in [0.15, 0.2) is 0 Å². The van der Waals surface area contributed by atoms with E-state index in [4.69, 9.17) is 0 Å². The molecule has 0 aliphatic heterocycles. The van der Waals surface area contributed by atoms with E-state index in [0.717, 1.165) is 0 Å². The molecule has 0 saturated carbocycles. The average molecular weight is 180 g/mol. The Labute approximate surface area is 77.0 Å². The average Bonchev–Trinajstić information content (AvgIpc) is 2.08. The first-order valence-corrected chi connectivity index (χ1v) is 3.85. The minimum Gasteiger partial charge on any atom is -0.345 e. The maximum absolute atomic E-state index is 13.1. The van der Waals surface area contributed by atoms with Gasteiger partial charge >= 0.3 is 0 Å². The summed E-state index contributed by atoms with van der Waals surface area (Å²) in [5.74, 6) is -0.853. The lowest BCUT2D eigenvalue weighted by molar-refractivity contribution is 0.0823. The Morgan fingerprint density at radius 3 is 2.62 bits per heavy atom. The van der Waals surface area contributed by atoms with Gasteiger partial charge in [0.2, 0.25) is 0 Å². The van der Waals surface area contributed by atoms with E-state index in [1.54, 1.807) is 14.1 Å². The molecule has 13 heavy (non-hydrogen) atoms. The number of amides is 1. The van der Waals surface area contributed by atoms with Crippen molar-refractivity contribution in [3.05, 3.63) is 42.1 Å². The Morgan fingerprint density at radius 2 is 2.08 bits per heavy atom. The van der Waals surface area contributed by atoms with Crippen LogP contribution in [0.3, 0.4) is 0 Å². The van der Waals surface area contributed by atoms with Crippen LogP contribution in [0.25, 0.3) is 0 Å². The lowest BCUT2D eigenvalue weighted by atomic mass is 10.1. The Bertz CT molecular complexity index is 334. The molecule has 2 nitrogen and oxygen atoms in total. The van der Waals surface area contributed by atoms with E-state index >= 15 is 0 Å². The fraction of sp³-hybridized carbons (Fsp3) is 0.200. The van der Waals surface area contributed by atoms with Gasteiger partial charge in [-0.05, 0) is 24.6 Å². The molecule has 0 atom stereocenters. The summed E-state index contributed by atoms with van der Waals surface area (Å²) in [4.78, 5) is 12.7. The fourth-order valence-electron chi connectivity index (χ4n) is 0.977. The van der Waals surface area contributed by atoms with Gasteiger partial charge in [-0.25, -0.2) is 4.39 Å². The van der Waals surface area contributed by atoms with E-state index < -0.39 is 5.82 Å². The minimum atomic E-state index is -0.508. The van der Waals surface area contributed by atoms with Gasteiger partial charge in [-0.1, -0.05) is 6.07 Å². The molecule has 1 aromatic carbocycles. The second kappa shape index (κ2) is 3.56. The zero-order chi connectivity index (χ0) is 10.0. The number of halogens is 1. The largest absolute Gasteiger partial charge is 0.345 e. The first kappa shape index (κ1) is 9.71. The highest BCUT2D eigenvalue weighted by Crippen LogP contribution is 2.11. The normalized spacial score (nSPS) is 9.85. The van der Waals surface area contributed by atoms with Gasteiger partial charge in [-0.15, -0.1) is 0 Å². The minimum absolute atomic E-state index is 0.0671. The molecule has 0 aliphatic rings. The summed E-state index contributed by atoms with van der Waals surface area (Å²) in [6, 6.07) is 4.22. The molecule has 3 heteroatoms. The number of carbonyl (C=O) groups is 1. The molecule has 1 rings (SSSR count). The van der Waals surface area contributed by atoms with E-state index in [1.165, 1.54) is 23.1 Å². The van der Waals surface area contributed by atoms with Crippen LogP contribution in [0, 0.1) is 12.7 Å². The second-order valence-corrected chi connectivity index (χ2v) is 3.01.